The van der Waals surface area contributed by atoms with Gasteiger partial charge in [0.25, 0.3) is 5.91 Å². The van der Waals surface area contributed by atoms with Crippen LogP contribution in [0.15, 0.2) is 59.0 Å². The van der Waals surface area contributed by atoms with Gasteiger partial charge in [-0.25, -0.2) is 4.21 Å². The van der Waals surface area contributed by atoms with Gasteiger partial charge in [-0.2, -0.15) is 9.46 Å². The number of aromatic nitrogens is 2. The highest BCUT2D eigenvalue weighted by Crippen LogP contribution is 2.47. The Balaban J connectivity index is 1.23. The van der Waals surface area contributed by atoms with Crippen molar-refractivity contribution in [3.63, 3.8) is 0 Å². The molecule has 0 radical (unpaired) electrons. The number of benzene rings is 2. The summed E-state index contributed by atoms with van der Waals surface area (Å²) < 4.78 is 33.3. The molecule has 2 aliphatic heterocycles. The molecule has 1 spiro atoms. The van der Waals surface area contributed by atoms with Gasteiger partial charge in [0.2, 0.25) is 0 Å². The van der Waals surface area contributed by atoms with Crippen molar-refractivity contribution in [2.75, 3.05) is 43.2 Å². The first-order valence-electron chi connectivity index (χ1n) is 18.6. The predicted molar refractivity (Wildman–Crippen MR) is 201 cm³/mol. The first-order valence-corrected chi connectivity index (χ1v) is 20.5. The number of methoxy groups -OCH3 is 1. The second kappa shape index (κ2) is 14.7. The molecule has 0 N–H and O–H groups in total. The Bertz CT molecular complexity index is 1960. The minimum Gasteiger partial charge on any atom is -0.490 e. The lowest BCUT2D eigenvalue weighted by Crippen LogP contribution is -2.49. The molecule has 3 aromatic rings. The Morgan fingerprint density at radius 2 is 1.98 bits per heavy atom. The van der Waals surface area contributed by atoms with Crippen LogP contribution in [-0.2, 0) is 44.6 Å². The number of fused-ring (bicyclic) bond motifs is 4. The average molecular weight is 713 g/mol. The number of hydrogen-bond acceptors (Lipinski definition) is 7. The number of rotatable bonds is 6. The van der Waals surface area contributed by atoms with Gasteiger partial charge in [0.1, 0.15) is 11.5 Å². The Morgan fingerprint density at radius 1 is 1.12 bits per heavy atom. The summed E-state index contributed by atoms with van der Waals surface area (Å²) in [4.78, 5) is 29.7. The Labute approximate surface area is 303 Å². The van der Waals surface area contributed by atoms with E-state index in [2.05, 4.69) is 51.6 Å². The number of aryl methyl sites for hydroxylation is 5. The summed E-state index contributed by atoms with van der Waals surface area (Å²) >= 11 is 0. The van der Waals surface area contributed by atoms with Crippen molar-refractivity contribution >= 4 is 27.1 Å². The van der Waals surface area contributed by atoms with E-state index < -0.39 is 15.6 Å². The Morgan fingerprint density at radius 3 is 2.75 bits per heavy atom. The first-order chi connectivity index (χ1) is 24.5. The van der Waals surface area contributed by atoms with Gasteiger partial charge in [-0.05, 0) is 112 Å². The second-order valence-corrected chi connectivity index (χ2v) is 17.8. The molecule has 9 nitrogen and oxygen atoms in total. The third-order valence-electron chi connectivity index (χ3n) is 11.7. The van der Waals surface area contributed by atoms with Gasteiger partial charge in [-0.15, -0.1) is 0 Å². The van der Waals surface area contributed by atoms with Crippen molar-refractivity contribution in [3.8, 4) is 5.75 Å². The van der Waals surface area contributed by atoms with Crippen LogP contribution < -0.4 is 9.64 Å². The number of allylic oxidation sites excluding steroid dienone is 1. The normalized spacial score (nSPS) is 28.4. The zero-order chi connectivity index (χ0) is 35.8. The Kier molecular flexibility index (Phi) is 10.3. The van der Waals surface area contributed by atoms with E-state index in [1.54, 1.807) is 17.9 Å². The highest BCUT2D eigenvalue weighted by atomic mass is 32.2. The van der Waals surface area contributed by atoms with E-state index in [1.165, 1.54) is 16.7 Å². The van der Waals surface area contributed by atoms with Crippen molar-refractivity contribution in [1.82, 2.24) is 9.78 Å². The van der Waals surface area contributed by atoms with Crippen molar-refractivity contribution in [2.45, 2.75) is 83.2 Å². The summed E-state index contributed by atoms with van der Waals surface area (Å²) in [7, 11) is 0.487. The largest absolute Gasteiger partial charge is 0.490 e. The molecule has 51 heavy (non-hydrogen) atoms. The average Bonchev–Trinajstić information content (AvgIpc) is 3.33. The highest BCUT2D eigenvalue weighted by Gasteiger charge is 2.44. The molecule has 272 valence electrons. The van der Waals surface area contributed by atoms with Gasteiger partial charge < -0.3 is 14.4 Å². The van der Waals surface area contributed by atoms with E-state index in [1.807, 2.05) is 32.2 Å². The maximum absolute atomic E-state index is 14.4. The molecule has 10 heteroatoms. The molecule has 2 aromatic carbocycles. The van der Waals surface area contributed by atoms with E-state index in [-0.39, 0.29) is 35.2 Å². The maximum atomic E-state index is 14.4. The quantitative estimate of drug-likeness (QED) is 0.262. The summed E-state index contributed by atoms with van der Waals surface area (Å²) in [6, 6.07) is 14.3. The second-order valence-electron chi connectivity index (χ2n) is 15.4. The molecule has 1 fully saturated rings. The van der Waals surface area contributed by atoms with Crippen LogP contribution in [0.2, 0.25) is 0 Å². The molecule has 4 aliphatic rings. The van der Waals surface area contributed by atoms with Crippen molar-refractivity contribution in [2.24, 2.45) is 23.2 Å². The summed E-state index contributed by atoms with van der Waals surface area (Å²) in [6.45, 7) is 6.25. The van der Waals surface area contributed by atoms with Crippen LogP contribution >= 0.6 is 0 Å². The fourth-order valence-corrected chi connectivity index (χ4v) is 10.8. The van der Waals surface area contributed by atoms with Crippen LogP contribution in [0.4, 0.5) is 5.69 Å². The van der Waals surface area contributed by atoms with Crippen molar-refractivity contribution in [3.05, 3.63) is 88.3 Å². The fourth-order valence-electron chi connectivity index (χ4n) is 8.84. The van der Waals surface area contributed by atoms with Gasteiger partial charge in [0.05, 0.1) is 39.6 Å². The number of amides is 1. The molecule has 2 aliphatic carbocycles. The molecule has 1 saturated carbocycles. The van der Waals surface area contributed by atoms with E-state index in [0.717, 1.165) is 68.0 Å². The number of ether oxygens (including phenoxy) is 2. The predicted octanol–water partition coefficient (Wildman–Crippen LogP) is 6.71. The minimum absolute atomic E-state index is 0.00845. The van der Waals surface area contributed by atoms with Gasteiger partial charge in [0.15, 0.2) is 0 Å². The van der Waals surface area contributed by atoms with Gasteiger partial charge >= 0.3 is 0 Å². The van der Waals surface area contributed by atoms with E-state index in [9.17, 15) is 13.8 Å². The molecule has 1 unspecified atom stereocenters. The number of Topliss-reactive ketones (excluding diaryl/α,β-unsaturated/α-hetero) is 1. The topological polar surface area (TPSA) is 103 Å². The van der Waals surface area contributed by atoms with Gasteiger partial charge in [-0.3, -0.25) is 14.3 Å². The molecule has 7 rings (SSSR count). The highest BCUT2D eigenvalue weighted by molar-refractivity contribution is 7.94. The number of ketones is 1. The van der Waals surface area contributed by atoms with E-state index in [0.29, 0.717) is 43.3 Å². The van der Waals surface area contributed by atoms with Crippen LogP contribution in [-0.4, -0.2) is 70.1 Å². The molecular formula is C41H52N4O5S. The SMILES string of the molecule is CO[C@H]1/C=C/CCCS(=O)(CC(=O)CCc2cc(C)nn2C)=NC(=O)c2ccc3c(c2)N(C[C@@H]2CC[C@H]21)C[C@@]1(CCCc2cc(C)ccc21)CO3. The molecule has 2 bridgehead atoms. The maximum Gasteiger partial charge on any atom is 0.285 e. The summed E-state index contributed by atoms with van der Waals surface area (Å²) in [6.07, 6.45) is 11.6. The number of nitrogens with zero attached hydrogens (tertiary/aromatic N) is 4. The van der Waals surface area contributed by atoms with E-state index in [4.69, 9.17) is 9.47 Å². The summed E-state index contributed by atoms with van der Waals surface area (Å²) in [5.74, 6) is 0.791. The zero-order valence-corrected chi connectivity index (χ0v) is 31.4. The van der Waals surface area contributed by atoms with Gasteiger partial charge in [0, 0.05) is 56.1 Å². The number of carbonyl (C=O) groups excluding carboxylic acids is 2. The molecule has 0 saturated heterocycles. The number of carbonyl (C=O) groups is 2. The number of anilines is 1. The third-order valence-corrected chi connectivity index (χ3v) is 13.9. The smallest absolute Gasteiger partial charge is 0.285 e. The van der Waals surface area contributed by atoms with Crippen LogP contribution in [0.3, 0.4) is 0 Å². The van der Waals surface area contributed by atoms with Crippen molar-refractivity contribution in [1.29, 1.82) is 0 Å². The van der Waals surface area contributed by atoms with E-state index >= 15 is 0 Å². The van der Waals surface area contributed by atoms with Crippen LogP contribution in [0.1, 0.15) is 83.4 Å². The lowest BCUT2D eigenvalue weighted by Gasteiger charge is -2.46. The van der Waals surface area contributed by atoms with Crippen LogP contribution in [0.5, 0.6) is 5.75 Å². The summed E-state index contributed by atoms with van der Waals surface area (Å²) in [5.41, 5.74) is 6.95. The van der Waals surface area contributed by atoms with Crippen molar-refractivity contribution < 1.29 is 23.3 Å². The molecule has 5 atom stereocenters. The third kappa shape index (κ3) is 7.58. The van der Waals surface area contributed by atoms with Crippen LogP contribution in [0, 0.1) is 25.7 Å². The molecule has 3 heterocycles. The molecule has 1 aromatic heterocycles. The lowest BCUT2D eigenvalue weighted by atomic mass is 9.68. The standard InChI is InChI=1S/C41H52N4O5S/c1-28-11-17-36-30(21-28)9-8-19-41(36)26-45-24-32-12-16-35(32)38(49-4)10-6-5-7-20-51(48,25-34(46)15-14-33-22-29(2)42-44(33)3)43-40(47)31-13-18-39(50-27-41)37(45)23-31/h6,10-11,13,17-18,21-23,32,35,38H,5,7-9,12,14-16,19-20,24-27H2,1-4H3/b10-6+/t32-,35+,38-,41-,51?/m0/s1. The first kappa shape index (κ1) is 35.6. The monoisotopic (exact) mass is 712 g/mol. The van der Waals surface area contributed by atoms with Gasteiger partial charge in [-0.1, -0.05) is 35.9 Å². The lowest BCUT2D eigenvalue weighted by molar-refractivity contribution is -0.116. The minimum atomic E-state index is -3.16. The van der Waals surface area contributed by atoms with Crippen LogP contribution in [0.25, 0.3) is 0 Å². The zero-order valence-electron chi connectivity index (χ0n) is 30.6. The number of hydrogen-bond donors (Lipinski definition) is 0. The molecule has 1 amide bonds. The summed E-state index contributed by atoms with van der Waals surface area (Å²) in [5, 5.41) is 4.37. The fraction of sp³-hybridized carbons (Fsp3) is 0.537. The molecular weight excluding hydrogens is 661 g/mol. The Hall–Kier alpha value is -3.76.